The van der Waals surface area contributed by atoms with Gasteiger partial charge in [0.1, 0.15) is 12.4 Å². The molecule has 9 heteroatoms. The number of nitrogens with one attached hydrogen (secondary N) is 1. The van der Waals surface area contributed by atoms with E-state index in [1.165, 1.54) is 24.3 Å². The predicted octanol–water partition coefficient (Wildman–Crippen LogP) is 1.79. The summed E-state index contributed by atoms with van der Waals surface area (Å²) < 4.78 is 25.1. The van der Waals surface area contributed by atoms with E-state index in [4.69, 9.17) is 19.4 Å². The molecule has 0 saturated heterocycles. The average molecular weight is 376 g/mol. The van der Waals surface area contributed by atoms with Gasteiger partial charge in [0.15, 0.2) is 12.2 Å². The van der Waals surface area contributed by atoms with Gasteiger partial charge in [-0.3, -0.25) is 9.59 Å². The molecule has 2 aromatic rings. The van der Waals surface area contributed by atoms with Gasteiger partial charge in [0.25, 0.3) is 6.47 Å². The van der Waals surface area contributed by atoms with Gasteiger partial charge in [0, 0.05) is 18.1 Å². The van der Waals surface area contributed by atoms with E-state index in [1.54, 1.807) is 0 Å². The summed E-state index contributed by atoms with van der Waals surface area (Å²) in [5, 5.41) is 9.69. The zero-order valence-corrected chi connectivity index (χ0v) is 14.1. The summed E-state index contributed by atoms with van der Waals surface area (Å²) in [6.45, 7) is 0.140. The minimum absolute atomic E-state index is 0.0255. The Hall–Kier alpha value is -3.62. The van der Waals surface area contributed by atoms with Crippen molar-refractivity contribution in [2.24, 2.45) is 0 Å². The number of carbonyl (C=O) groups excluding carboxylic acids is 2. The van der Waals surface area contributed by atoms with Gasteiger partial charge in [-0.05, 0) is 36.4 Å². The van der Waals surface area contributed by atoms with Crippen LogP contribution in [-0.4, -0.2) is 41.1 Å². The second-order valence-corrected chi connectivity index (χ2v) is 5.21. The van der Waals surface area contributed by atoms with Gasteiger partial charge < -0.3 is 24.5 Å². The highest BCUT2D eigenvalue weighted by Crippen LogP contribution is 2.21. The van der Waals surface area contributed by atoms with Crippen molar-refractivity contribution < 1.29 is 33.4 Å². The molecule has 0 atom stereocenters. The maximum atomic E-state index is 12.9. The number of carbonyl (C=O) groups is 3. The first-order valence-corrected chi connectivity index (χ1v) is 7.83. The van der Waals surface area contributed by atoms with E-state index in [9.17, 15) is 14.0 Å². The van der Waals surface area contributed by atoms with Gasteiger partial charge in [-0.1, -0.05) is 0 Å². The monoisotopic (exact) mass is 376 g/mol. The molecule has 0 fully saturated rings. The predicted molar refractivity (Wildman–Crippen MR) is 92.1 cm³/mol. The number of carboxylic acid groups (broad SMARTS) is 1. The van der Waals surface area contributed by atoms with Gasteiger partial charge in [-0.2, -0.15) is 0 Å². The van der Waals surface area contributed by atoms with Crippen LogP contribution in [0.3, 0.4) is 0 Å². The summed E-state index contributed by atoms with van der Waals surface area (Å²) in [6, 6.07) is 9.20. The quantitative estimate of drug-likeness (QED) is 0.450. The van der Waals surface area contributed by atoms with Crippen LogP contribution in [-0.2, 0) is 30.4 Å². The number of Topliss-reactive ketones (excluding diaryl/α,β-unsaturated/α-hetero) is 1. The Balaban J connectivity index is 0.000000817. The Bertz CT molecular complexity index is 815. The standard InChI is InChI=1S/C17H15FN2O4.CH2O2/c18-12-3-5-13(6-4-12)19-16-15(14(21)11-24-16)17(22)23-10-9-20-7-1-2-8-20;2-1-3/h1-8,19H,9-11H2;1H,(H,2,3). The van der Waals surface area contributed by atoms with Gasteiger partial charge in [0.2, 0.25) is 11.7 Å². The molecule has 0 aliphatic carbocycles. The number of ketones is 1. The summed E-state index contributed by atoms with van der Waals surface area (Å²) in [4.78, 5) is 32.4. The van der Waals surface area contributed by atoms with Gasteiger partial charge >= 0.3 is 5.97 Å². The Kier molecular flexibility index (Phi) is 7.12. The number of aromatic nitrogens is 1. The highest BCUT2D eigenvalue weighted by atomic mass is 19.1. The van der Waals surface area contributed by atoms with Crippen LogP contribution in [0, 0.1) is 5.82 Å². The van der Waals surface area contributed by atoms with Crippen LogP contribution in [0.2, 0.25) is 0 Å². The second-order valence-electron chi connectivity index (χ2n) is 5.21. The number of nitrogens with zero attached hydrogens (tertiary/aromatic N) is 1. The molecule has 142 valence electrons. The number of anilines is 1. The molecule has 2 N–H and O–H groups in total. The fraction of sp³-hybridized carbons (Fsp3) is 0.167. The van der Waals surface area contributed by atoms with Crippen molar-refractivity contribution in [3.63, 3.8) is 0 Å². The van der Waals surface area contributed by atoms with Crippen molar-refractivity contribution in [1.82, 2.24) is 4.57 Å². The third-order valence-corrected chi connectivity index (χ3v) is 3.41. The number of ether oxygens (including phenoxy) is 2. The van der Waals surface area contributed by atoms with E-state index in [0.29, 0.717) is 12.2 Å². The average Bonchev–Trinajstić information content (AvgIpc) is 3.28. The SMILES string of the molecule is O=C1COC(Nc2ccc(F)cc2)=C1C(=O)OCCn1cccc1.O=CO. The summed E-state index contributed by atoms with van der Waals surface area (Å²) >= 11 is 0. The first-order chi connectivity index (χ1) is 13.0. The van der Waals surface area contributed by atoms with Crippen molar-refractivity contribution in [3.8, 4) is 0 Å². The number of hydrogen-bond donors (Lipinski definition) is 2. The molecule has 0 unspecified atom stereocenters. The molecular weight excluding hydrogens is 359 g/mol. The van der Waals surface area contributed by atoms with Crippen molar-refractivity contribution in [2.45, 2.75) is 6.54 Å². The van der Waals surface area contributed by atoms with Crippen LogP contribution >= 0.6 is 0 Å². The summed E-state index contributed by atoms with van der Waals surface area (Å²) in [5.41, 5.74) is 0.338. The Morgan fingerprint density at radius 2 is 1.93 bits per heavy atom. The lowest BCUT2D eigenvalue weighted by molar-refractivity contribution is -0.140. The maximum absolute atomic E-state index is 12.9. The van der Waals surface area contributed by atoms with Crippen molar-refractivity contribution >= 4 is 23.9 Å². The molecule has 1 aliphatic heterocycles. The van der Waals surface area contributed by atoms with Crippen LogP contribution in [0.15, 0.2) is 60.2 Å². The first kappa shape index (κ1) is 19.7. The minimum atomic E-state index is -0.741. The van der Waals surface area contributed by atoms with E-state index in [-0.39, 0.29) is 37.0 Å². The van der Waals surface area contributed by atoms with Crippen molar-refractivity contribution in [1.29, 1.82) is 0 Å². The molecule has 8 nitrogen and oxygen atoms in total. The minimum Gasteiger partial charge on any atom is -0.483 e. The maximum Gasteiger partial charge on any atom is 0.347 e. The van der Waals surface area contributed by atoms with E-state index < -0.39 is 11.8 Å². The summed E-state index contributed by atoms with van der Waals surface area (Å²) in [7, 11) is 0. The topological polar surface area (TPSA) is 107 Å². The van der Waals surface area contributed by atoms with E-state index >= 15 is 0 Å². The molecule has 0 radical (unpaired) electrons. The normalized spacial score (nSPS) is 12.7. The lowest BCUT2D eigenvalue weighted by Gasteiger charge is -2.09. The van der Waals surface area contributed by atoms with E-state index in [2.05, 4.69) is 5.32 Å². The fourth-order valence-corrected chi connectivity index (χ4v) is 2.21. The van der Waals surface area contributed by atoms with Crippen molar-refractivity contribution in [2.75, 3.05) is 18.5 Å². The smallest absolute Gasteiger partial charge is 0.347 e. The lowest BCUT2D eigenvalue weighted by atomic mass is 10.2. The second kappa shape index (κ2) is 9.76. The largest absolute Gasteiger partial charge is 0.483 e. The van der Waals surface area contributed by atoms with Crippen LogP contribution in [0.5, 0.6) is 0 Å². The highest BCUT2D eigenvalue weighted by molar-refractivity contribution is 6.19. The fourth-order valence-electron chi connectivity index (χ4n) is 2.21. The van der Waals surface area contributed by atoms with Crippen LogP contribution < -0.4 is 5.32 Å². The molecule has 0 saturated carbocycles. The zero-order chi connectivity index (χ0) is 19.6. The molecule has 0 bridgehead atoms. The molecule has 1 aliphatic rings. The zero-order valence-electron chi connectivity index (χ0n) is 14.1. The number of benzene rings is 1. The van der Waals surface area contributed by atoms with E-state index in [1.807, 2.05) is 29.1 Å². The van der Waals surface area contributed by atoms with Crippen LogP contribution in [0.1, 0.15) is 0 Å². The summed E-state index contributed by atoms with van der Waals surface area (Å²) in [6.07, 6.45) is 3.69. The van der Waals surface area contributed by atoms with Crippen molar-refractivity contribution in [3.05, 3.63) is 66.1 Å². The molecule has 1 aromatic carbocycles. The molecule has 3 rings (SSSR count). The molecule has 27 heavy (non-hydrogen) atoms. The third kappa shape index (κ3) is 5.70. The number of hydrogen-bond acceptors (Lipinski definition) is 6. The van der Waals surface area contributed by atoms with E-state index in [0.717, 1.165) is 0 Å². The first-order valence-electron chi connectivity index (χ1n) is 7.83. The van der Waals surface area contributed by atoms with Crippen LogP contribution in [0.4, 0.5) is 10.1 Å². The molecule has 0 spiro atoms. The highest BCUT2D eigenvalue weighted by Gasteiger charge is 2.32. The van der Waals surface area contributed by atoms with Gasteiger partial charge in [0.05, 0.1) is 6.54 Å². The number of rotatable bonds is 6. The Labute approximate surface area is 153 Å². The van der Waals surface area contributed by atoms with Crippen LogP contribution in [0.25, 0.3) is 0 Å². The third-order valence-electron chi connectivity index (χ3n) is 3.41. The molecular formula is C18H17FN2O6. The number of halogens is 1. The molecule has 0 amide bonds. The Morgan fingerprint density at radius 1 is 1.30 bits per heavy atom. The molecule has 1 aromatic heterocycles. The Morgan fingerprint density at radius 3 is 2.56 bits per heavy atom. The molecule has 2 heterocycles. The summed E-state index contributed by atoms with van der Waals surface area (Å²) in [5.74, 6) is -1.56. The van der Waals surface area contributed by atoms with Gasteiger partial charge in [-0.15, -0.1) is 0 Å². The number of esters is 1. The lowest BCUT2D eigenvalue weighted by Crippen LogP contribution is -2.18. The van der Waals surface area contributed by atoms with Gasteiger partial charge in [-0.25, -0.2) is 9.18 Å².